The molecule has 1 unspecified atom stereocenters. The Morgan fingerprint density at radius 3 is 2.70 bits per heavy atom. The summed E-state index contributed by atoms with van der Waals surface area (Å²) in [4.78, 5) is 16.4. The van der Waals surface area contributed by atoms with Gasteiger partial charge < -0.3 is 29.0 Å². The maximum Gasteiger partial charge on any atom is 0.229 e. The molecule has 0 radical (unpaired) electrons. The Morgan fingerprint density at radius 2 is 1.91 bits per heavy atom. The van der Waals surface area contributed by atoms with Crippen molar-refractivity contribution in [2.75, 3.05) is 70.0 Å². The van der Waals surface area contributed by atoms with Crippen molar-refractivity contribution in [3.05, 3.63) is 24.3 Å². The van der Waals surface area contributed by atoms with Crippen LogP contribution in [0, 0.1) is 5.92 Å². The van der Waals surface area contributed by atoms with E-state index in [9.17, 15) is 0 Å². The van der Waals surface area contributed by atoms with E-state index in [1.165, 1.54) is 0 Å². The molecule has 1 atom stereocenters. The predicted molar refractivity (Wildman–Crippen MR) is 126 cm³/mol. The number of hydrogen-bond acceptors (Lipinski definition) is 9. The molecule has 0 bridgehead atoms. The molecule has 1 aliphatic rings. The van der Waals surface area contributed by atoms with Crippen molar-refractivity contribution in [1.29, 1.82) is 0 Å². The molecule has 4 heterocycles. The van der Waals surface area contributed by atoms with Crippen LogP contribution in [-0.2, 0) is 34.7 Å². The van der Waals surface area contributed by atoms with E-state index in [0.29, 0.717) is 45.5 Å². The first-order chi connectivity index (χ1) is 16.1. The van der Waals surface area contributed by atoms with Crippen molar-refractivity contribution in [3.8, 4) is 0 Å². The molecule has 3 aromatic rings. The molecule has 4 rings (SSSR count). The van der Waals surface area contributed by atoms with E-state index in [-0.39, 0.29) is 0 Å². The Bertz CT molecular complexity index is 1020. The van der Waals surface area contributed by atoms with E-state index in [0.717, 1.165) is 54.6 Å². The lowest BCUT2D eigenvalue weighted by molar-refractivity contribution is 0.0272. The Labute approximate surface area is 194 Å². The molecule has 0 aliphatic carbocycles. The van der Waals surface area contributed by atoms with Gasteiger partial charge in [0.1, 0.15) is 0 Å². The number of rotatable bonds is 13. The molecule has 0 spiro atoms. The molecule has 180 valence electrons. The molecule has 1 saturated heterocycles. The second kappa shape index (κ2) is 11.4. The quantitative estimate of drug-likeness (QED) is 0.379. The van der Waals surface area contributed by atoms with Crippen molar-refractivity contribution < 1.29 is 14.2 Å². The normalized spacial score (nSPS) is 16.2. The molecule has 1 aliphatic heterocycles. The van der Waals surface area contributed by atoms with Gasteiger partial charge in [0.15, 0.2) is 17.0 Å². The van der Waals surface area contributed by atoms with Crippen LogP contribution in [0.2, 0.25) is 0 Å². The van der Waals surface area contributed by atoms with Crippen LogP contribution in [0.15, 0.2) is 18.6 Å². The topological polar surface area (TPSA) is 104 Å². The Morgan fingerprint density at radius 1 is 1.09 bits per heavy atom. The molecule has 0 amide bonds. The molecular formula is C22H34N8O3. The van der Waals surface area contributed by atoms with Gasteiger partial charge >= 0.3 is 0 Å². The van der Waals surface area contributed by atoms with Gasteiger partial charge in [0.05, 0.1) is 45.1 Å². The average Bonchev–Trinajstić information content (AvgIpc) is 3.54. The Hall–Kier alpha value is -2.76. The van der Waals surface area contributed by atoms with Gasteiger partial charge in [0.2, 0.25) is 5.95 Å². The number of ether oxygens (including phenoxy) is 3. The standard InChI is InChI=1S/C22H34N8O3/c1-28-16-24-19-20(23-6-9-32-12-13-33-11-10-31-3)25-22(26-21(19)28)30-8-4-17(15-30)14-18-5-7-29(2)27-18/h5,7,16-17H,4,6,8-15H2,1-3H3,(H,23,25,26). The first-order valence-electron chi connectivity index (χ1n) is 11.4. The van der Waals surface area contributed by atoms with Crippen LogP contribution in [0.1, 0.15) is 12.1 Å². The Balaban J connectivity index is 1.33. The van der Waals surface area contributed by atoms with Gasteiger partial charge in [-0.25, -0.2) is 4.98 Å². The minimum absolute atomic E-state index is 0.543. The number of aromatic nitrogens is 6. The van der Waals surface area contributed by atoms with E-state index in [2.05, 4.69) is 26.4 Å². The summed E-state index contributed by atoms with van der Waals surface area (Å²) in [7, 11) is 5.57. The highest BCUT2D eigenvalue weighted by Gasteiger charge is 2.26. The highest BCUT2D eigenvalue weighted by Crippen LogP contribution is 2.27. The summed E-state index contributed by atoms with van der Waals surface area (Å²) in [6.07, 6.45) is 5.85. The predicted octanol–water partition coefficient (Wildman–Crippen LogP) is 1.26. The number of nitrogens with zero attached hydrogens (tertiary/aromatic N) is 7. The van der Waals surface area contributed by atoms with Crippen molar-refractivity contribution in [3.63, 3.8) is 0 Å². The highest BCUT2D eigenvalue weighted by atomic mass is 16.5. The first kappa shape index (κ1) is 23.4. The van der Waals surface area contributed by atoms with Gasteiger partial charge in [-0.2, -0.15) is 15.1 Å². The van der Waals surface area contributed by atoms with Gasteiger partial charge in [-0.05, 0) is 24.8 Å². The lowest BCUT2D eigenvalue weighted by Crippen LogP contribution is -2.23. The average molecular weight is 459 g/mol. The number of aryl methyl sites for hydroxylation is 2. The maximum absolute atomic E-state index is 5.64. The largest absolute Gasteiger partial charge is 0.382 e. The van der Waals surface area contributed by atoms with E-state index in [1.807, 2.05) is 29.5 Å². The van der Waals surface area contributed by atoms with Crippen LogP contribution in [0.25, 0.3) is 11.2 Å². The van der Waals surface area contributed by atoms with Crippen LogP contribution >= 0.6 is 0 Å². The second-order valence-electron chi connectivity index (χ2n) is 8.33. The number of fused-ring (bicyclic) bond motifs is 1. The summed E-state index contributed by atoms with van der Waals surface area (Å²) in [6, 6.07) is 2.09. The lowest BCUT2D eigenvalue weighted by Gasteiger charge is -2.18. The zero-order valence-electron chi connectivity index (χ0n) is 19.7. The van der Waals surface area contributed by atoms with Gasteiger partial charge in [-0.3, -0.25) is 4.68 Å². The smallest absolute Gasteiger partial charge is 0.229 e. The van der Waals surface area contributed by atoms with Gasteiger partial charge in [-0.15, -0.1) is 0 Å². The molecule has 0 saturated carbocycles. The zero-order valence-corrected chi connectivity index (χ0v) is 19.7. The minimum atomic E-state index is 0.543. The van der Waals surface area contributed by atoms with Crippen molar-refractivity contribution in [2.24, 2.45) is 20.0 Å². The molecule has 11 heteroatoms. The number of methoxy groups -OCH3 is 1. The van der Waals surface area contributed by atoms with Crippen LogP contribution in [0.5, 0.6) is 0 Å². The van der Waals surface area contributed by atoms with Crippen LogP contribution in [0.4, 0.5) is 11.8 Å². The van der Waals surface area contributed by atoms with E-state index in [4.69, 9.17) is 24.2 Å². The summed E-state index contributed by atoms with van der Waals surface area (Å²) in [5.41, 5.74) is 2.73. The monoisotopic (exact) mass is 458 g/mol. The fourth-order valence-electron chi connectivity index (χ4n) is 4.01. The summed E-state index contributed by atoms with van der Waals surface area (Å²) in [5.74, 6) is 2.02. The van der Waals surface area contributed by atoms with Crippen molar-refractivity contribution in [2.45, 2.75) is 12.8 Å². The number of anilines is 2. The molecular weight excluding hydrogens is 424 g/mol. The van der Waals surface area contributed by atoms with Crippen molar-refractivity contribution >= 4 is 22.9 Å². The number of nitrogens with one attached hydrogen (secondary N) is 1. The number of imidazole rings is 1. The molecule has 1 N–H and O–H groups in total. The second-order valence-corrected chi connectivity index (χ2v) is 8.33. The Kier molecular flexibility index (Phi) is 8.08. The van der Waals surface area contributed by atoms with Crippen LogP contribution in [0.3, 0.4) is 0 Å². The highest BCUT2D eigenvalue weighted by molar-refractivity contribution is 5.84. The summed E-state index contributed by atoms with van der Waals surface area (Å²) < 4.78 is 19.8. The SMILES string of the molecule is COCCOCCOCCNc1nc(N2CCC(Cc3ccn(C)n3)C2)nc2c1ncn2C. The van der Waals surface area contributed by atoms with Gasteiger partial charge in [0.25, 0.3) is 0 Å². The molecule has 0 aromatic carbocycles. The van der Waals surface area contributed by atoms with Gasteiger partial charge in [0, 0.05) is 47.0 Å². The molecule has 1 fully saturated rings. The third-order valence-corrected chi connectivity index (χ3v) is 5.73. The van der Waals surface area contributed by atoms with Crippen LogP contribution < -0.4 is 10.2 Å². The fraction of sp³-hybridized carbons (Fsp3) is 0.636. The first-order valence-corrected chi connectivity index (χ1v) is 11.4. The summed E-state index contributed by atoms with van der Waals surface area (Å²) >= 11 is 0. The van der Waals surface area contributed by atoms with Gasteiger partial charge in [-0.1, -0.05) is 0 Å². The molecule has 3 aromatic heterocycles. The lowest BCUT2D eigenvalue weighted by atomic mass is 10.0. The number of hydrogen-bond donors (Lipinski definition) is 1. The van der Waals surface area contributed by atoms with E-state index < -0.39 is 0 Å². The van der Waals surface area contributed by atoms with Crippen molar-refractivity contribution in [1.82, 2.24) is 29.3 Å². The third-order valence-electron chi connectivity index (χ3n) is 5.73. The summed E-state index contributed by atoms with van der Waals surface area (Å²) in [5, 5.41) is 7.90. The van der Waals surface area contributed by atoms with Crippen LogP contribution in [-0.4, -0.2) is 89.1 Å². The minimum Gasteiger partial charge on any atom is -0.382 e. The third kappa shape index (κ3) is 6.18. The summed E-state index contributed by atoms with van der Waals surface area (Å²) in [6.45, 7) is 5.32. The van der Waals surface area contributed by atoms with E-state index in [1.54, 1.807) is 13.4 Å². The maximum atomic E-state index is 5.64. The van der Waals surface area contributed by atoms with E-state index >= 15 is 0 Å². The molecule has 33 heavy (non-hydrogen) atoms. The zero-order chi connectivity index (χ0) is 23.0. The molecule has 11 nitrogen and oxygen atoms in total. The fourth-order valence-corrected chi connectivity index (χ4v) is 4.01.